The van der Waals surface area contributed by atoms with Crippen LogP contribution < -0.4 is 4.72 Å². The highest BCUT2D eigenvalue weighted by atomic mass is 32.2. The van der Waals surface area contributed by atoms with Gasteiger partial charge in [0.2, 0.25) is 10.0 Å². The number of hydrogen-bond donors (Lipinski definition) is 1. The fourth-order valence-electron chi connectivity index (χ4n) is 0.663. The summed E-state index contributed by atoms with van der Waals surface area (Å²) in [4.78, 5) is 1.33. The molecule has 0 amide bonds. The smallest absolute Gasteiger partial charge is 0.213 e. The van der Waals surface area contributed by atoms with Gasteiger partial charge in [0.1, 0.15) is 0 Å². The Morgan fingerprint density at radius 2 is 2.00 bits per heavy atom. The van der Waals surface area contributed by atoms with E-state index in [4.69, 9.17) is 0 Å². The number of sulfonamides is 1. The SMILES string of the molecule is CNS(=O)(=O)CCn1nccn1. The molecule has 6 nitrogen and oxygen atoms in total. The molecule has 0 radical (unpaired) electrons. The molecule has 0 aromatic carbocycles. The molecule has 0 unspecified atom stereocenters. The molecular weight excluding hydrogens is 180 g/mol. The van der Waals surface area contributed by atoms with Crippen molar-refractivity contribution in [2.75, 3.05) is 12.8 Å². The van der Waals surface area contributed by atoms with E-state index in [1.165, 1.54) is 24.2 Å². The monoisotopic (exact) mass is 190 g/mol. The third kappa shape index (κ3) is 2.59. The Hall–Kier alpha value is -0.950. The van der Waals surface area contributed by atoms with Crippen LogP contribution in [0.1, 0.15) is 0 Å². The van der Waals surface area contributed by atoms with Gasteiger partial charge >= 0.3 is 0 Å². The highest BCUT2D eigenvalue weighted by Crippen LogP contribution is 1.85. The fraction of sp³-hybridized carbons (Fsp3) is 0.600. The molecule has 0 aliphatic heterocycles. The molecule has 0 spiro atoms. The standard InChI is InChI=1S/C5H10N4O2S/c1-6-12(10,11)5-4-9-7-2-3-8-9/h2-3,6H,4-5H2,1H3. The van der Waals surface area contributed by atoms with E-state index < -0.39 is 10.0 Å². The van der Waals surface area contributed by atoms with Gasteiger partial charge in [0.25, 0.3) is 0 Å². The predicted octanol–water partition coefficient (Wildman–Crippen LogP) is -1.17. The summed E-state index contributed by atoms with van der Waals surface area (Å²) in [5.41, 5.74) is 0. The normalized spacial score (nSPS) is 11.8. The van der Waals surface area contributed by atoms with E-state index in [1.54, 1.807) is 0 Å². The van der Waals surface area contributed by atoms with Gasteiger partial charge in [-0.1, -0.05) is 0 Å². The molecule has 1 N–H and O–H groups in total. The van der Waals surface area contributed by atoms with Crippen LogP contribution >= 0.6 is 0 Å². The van der Waals surface area contributed by atoms with Crippen molar-refractivity contribution < 1.29 is 8.42 Å². The maximum atomic E-state index is 10.9. The Morgan fingerprint density at radius 3 is 2.50 bits per heavy atom. The maximum absolute atomic E-state index is 10.9. The molecule has 0 atom stereocenters. The first-order chi connectivity index (χ1) is 5.64. The zero-order valence-corrected chi connectivity index (χ0v) is 7.45. The van der Waals surface area contributed by atoms with Crippen LogP contribution in [0.3, 0.4) is 0 Å². The van der Waals surface area contributed by atoms with Crippen LogP contribution in [0.25, 0.3) is 0 Å². The molecule has 0 saturated carbocycles. The minimum absolute atomic E-state index is 0.00181. The van der Waals surface area contributed by atoms with E-state index in [9.17, 15) is 8.42 Å². The van der Waals surface area contributed by atoms with Crippen molar-refractivity contribution in [1.29, 1.82) is 0 Å². The van der Waals surface area contributed by atoms with Crippen molar-refractivity contribution in [1.82, 2.24) is 19.7 Å². The molecule has 0 saturated heterocycles. The van der Waals surface area contributed by atoms with Gasteiger partial charge in [-0.25, -0.2) is 13.1 Å². The van der Waals surface area contributed by atoms with Crippen LogP contribution in [-0.4, -0.2) is 36.2 Å². The van der Waals surface area contributed by atoms with E-state index >= 15 is 0 Å². The van der Waals surface area contributed by atoms with Gasteiger partial charge in [0.05, 0.1) is 24.7 Å². The highest BCUT2D eigenvalue weighted by Gasteiger charge is 2.06. The maximum Gasteiger partial charge on any atom is 0.213 e. The summed E-state index contributed by atoms with van der Waals surface area (Å²) in [5.74, 6) is -0.00181. The average Bonchev–Trinajstić information content (AvgIpc) is 2.53. The zero-order valence-electron chi connectivity index (χ0n) is 6.64. The van der Waals surface area contributed by atoms with Crippen molar-refractivity contribution in [3.63, 3.8) is 0 Å². The summed E-state index contributed by atoms with van der Waals surface area (Å²) in [6.07, 6.45) is 3.01. The molecule has 12 heavy (non-hydrogen) atoms. The lowest BCUT2D eigenvalue weighted by molar-refractivity contribution is 0.545. The van der Waals surface area contributed by atoms with Gasteiger partial charge in [-0.05, 0) is 7.05 Å². The van der Waals surface area contributed by atoms with E-state index in [-0.39, 0.29) is 12.3 Å². The van der Waals surface area contributed by atoms with Crippen molar-refractivity contribution >= 4 is 10.0 Å². The Balaban J connectivity index is 2.47. The second-order valence-electron chi connectivity index (χ2n) is 2.15. The minimum atomic E-state index is -3.15. The molecular formula is C5H10N4O2S. The van der Waals surface area contributed by atoms with Crippen LogP contribution in [-0.2, 0) is 16.6 Å². The molecule has 1 aromatic rings. The molecule has 0 fully saturated rings. The van der Waals surface area contributed by atoms with Crippen molar-refractivity contribution in [3.05, 3.63) is 12.4 Å². The number of nitrogens with one attached hydrogen (secondary N) is 1. The number of hydrogen-bond acceptors (Lipinski definition) is 4. The number of aryl methyl sites for hydroxylation is 1. The molecule has 1 rings (SSSR count). The van der Waals surface area contributed by atoms with Gasteiger partial charge in [-0.3, -0.25) is 0 Å². The quantitative estimate of drug-likeness (QED) is 0.649. The fourth-order valence-corrected chi connectivity index (χ4v) is 1.27. The van der Waals surface area contributed by atoms with Gasteiger partial charge in [-0.15, -0.1) is 0 Å². The molecule has 68 valence electrons. The van der Waals surface area contributed by atoms with Crippen LogP contribution in [0.4, 0.5) is 0 Å². The third-order valence-electron chi connectivity index (χ3n) is 1.34. The third-order valence-corrected chi connectivity index (χ3v) is 2.68. The summed E-state index contributed by atoms with van der Waals surface area (Å²) in [7, 11) is -1.77. The first kappa shape index (κ1) is 9.14. The topological polar surface area (TPSA) is 76.9 Å². The lowest BCUT2D eigenvalue weighted by Gasteiger charge is -2.00. The van der Waals surface area contributed by atoms with E-state index in [2.05, 4.69) is 14.9 Å². The van der Waals surface area contributed by atoms with Gasteiger partial charge in [-0.2, -0.15) is 15.0 Å². The molecule has 0 bridgehead atoms. The predicted molar refractivity (Wildman–Crippen MR) is 42.9 cm³/mol. The summed E-state index contributed by atoms with van der Waals surface area (Å²) in [6.45, 7) is 0.274. The molecule has 7 heteroatoms. The van der Waals surface area contributed by atoms with Gasteiger partial charge in [0.15, 0.2) is 0 Å². The summed E-state index contributed by atoms with van der Waals surface area (Å²) >= 11 is 0. The van der Waals surface area contributed by atoms with Crippen LogP contribution in [0.5, 0.6) is 0 Å². The Kier molecular flexibility index (Phi) is 2.77. The largest absolute Gasteiger partial charge is 0.218 e. The van der Waals surface area contributed by atoms with E-state index in [0.29, 0.717) is 0 Å². The Bertz CT molecular complexity index is 317. The average molecular weight is 190 g/mol. The number of aromatic nitrogens is 3. The minimum Gasteiger partial charge on any atom is -0.218 e. The second-order valence-corrected chi connectivity index (χ2v) is 4.19. The van der Waals surface area contributed by atoms with Gasteiger partial charge in [0, 0.05) is 0 Å². The Morgan fingerprint density at radius 1 is 1.42 bits per heavy atom. The van der Waals surface area contributed by atoms with Crippen molar-refractivity contribution in [3.8, 4) is 0 Å². The van der Waals surface area contributed by atoms with Crippen LogP contribution in [0.15, 0.2) is 12.4 Å². The molecule has 0 aliphatic rings. The molecule has 0 aliphatic carbocycles. The molecule has 1 heterocycles. The van der Waals surface area contributed by atoms with E-state index in [1.807, 2.05) is 0 Å². The van der Waals surface area contributed by atoms with E-state index in [0.717, 1.165) is 0 Å². The van der Waals surface area contributed by atoms with Crippen molar-refractivity contribution in [2.45, 2.75) is 6.54 Å². The highest BCUT2D eigenvalue weighted by molar-refractivity contribution is 7.89. The van der Waals surface area contributed by atoms with Crippen LogP contribution in [0, 0.1) is 0 Å². The lowest BCUT2D eigenvalue weighted by Crippen LogP contribution is -2.25. The van der Waals surface area contributed by atoms with Gasteiger partial charge < -0.3 is 0 Å². The molecule has 1 aromatic heterocycles. The van der Waals surface area contributed by atoms with Crippen LogP contribution in [0.2, 0.25) is 0 Å². The number of nitrogens with zero attached hydrogens (tertiary/aromatic N) is 3. The second kappa shape index (κ2) is 3.63. The summed E-state index contributed by atoms with van der Waals surface area (Å²) in [5, 5.41) is 7.53. The Labute approximate surface area is 70.6 Å². The van der Waals surface area contributed by atoms with Crippen molar-refractivity contribution in [2.24, 2.45) is 0 Å². The first-order valence-electron chi connectivity index (χ1n) is 3.39. The first-order valence-corrected chi connectivity index (χ1v) is 5.04. The summed E-state index contributed by atoms with van der Waals surface area (Å²) in [6, 6.07) is 0. The summed E-state index contributed by atoms with van der Waals surface area (Å²) < 4.78 is 24.0. The number of rotatable bonds is 4. The lowest BCUT2D eigenvalue weighted by atomic mass is 10.8. The zero-order chi connectivity index (χ0) is 9.03.